The van der Waals surface area contributed by atoms with Crippen LogP contribution in [0.1, 0.15) is 29.6 Å². The molecular formula is C19H19NO5. The standard InChI is InChI=1S/C19H19NO5/c21-14(11-4-2-1-3-5-11)10-25-15(22)9-20-18(23)16-12-6-7-13(8-12)17(16)19(20)24/h1-5,12-13,16-17H,6-10H2/t12-,13-,16+,17+/m0/s1. The molecular weight excluding hydrogens is 322 g/mol. The molecule has 25 heavy (non-hydrogen) atoms. The van der Waals surface area contributed by atoms with Gasteiger partial charge in [0.1, 0.15) is 6.54 Å². The molecule has 0 radical (unpaired) electrons. The van der Waals surface area contributed by atoms with E-state index < -0.39 is 19.1 Å². The molecule has 3 aliphatic rings. The van der Waals surface area contributed by atoms with Gasteiger partial charge in [-0.05, 0) is 31.1 Å². The molecule has 3 fully saturated rings. The van der Waals surface area contributed by atoms with Crippen LogP contribution in [0.15, 0.2) is 30.3 Å². The van der Waals surface area contributed by atoms with Crippen molar-refractivity contribution in [3.63, 3.8) is 0 Å². The van der Waals surface area contributed by atoms with E-state index in [1.165, 1.54) is 0 Å². The fourth-order valence-electron chi connectivity index (χ4n) is 4.65. The first-order valence-corrected chi connectivity index (χ1v) is 8.65. The van der Waals surface area contributed by atoms with Crippen molar-refractivity contribution in [3.05, 3.63) is 35.9 Å². The normalized spacial score (nSPS) is 29.8. The molecule has 2 saturated carbocycles. The van der Waals surface area contributed by atoms with Gasteiger partial charge in [-0.1, -0.05) is 30.3 Å². The van der Waals surface area contributed by atoms with E-state index in [4.69, 9.17) is 4.74 Å². The second-order valence-corrected chi connectivity index (χ2v) is 7.10. The number of likely N-dealkylation sites (tertiary alicyclic amines) is 1. The van der Waals surface area contributed by atoms with E-state index in [-0.39, 0.29) is 41.3 Å². The van der Waals surface area contributed by atoms with Crippen molar-refractivity contribution in [1.82, 2.24) is 4.90 Å². The van der Waals surface area contributed by atoms with Gasteiger partial charge in [0, 0.05) is 5.56 Å². The highest BCUT2D eigenvalue weighted by atomic mass is 16.5. The summed E-state index contributed by atoms with van der Waals surface area (Å²) in [5.74, 6) is -1.45. The highest BCUT2D eigenvalue weighted by Crippen LogP contribution is 2.56. The highest BCUT2D eigenvalue weighted by Gasteiger charge is 2.61. The zero-order valence-corrected chi connectivity index (χ0v) is 13.7. The summed E-state index contributed by atoms with van der Waals surface area (Å²) >= 11 is 0. The fourth-order valence-corrected chi connectivity index (χ4v) is 4.65. The molecule has 2 bridgehead atoms. The maximum atomic E-state index is 12.5. The molecule has 1 aliphatic heterocycles. The molecule has 4 rings (SSSR count). The average Bonchev–Trinajstić information content (AvgIpc) is 3.30. The number of ether oxygens (including phenoxy) is 1. The van der Waals surface area contributed by atoms with E-state index in [0.717, 1.165) is 24.2 Å². The highest BCUT2D eigenvalue weighted by molar-refractivity contribution is 6.08. The van der Waals surface area contributed by atoms with Gasteiger partial charge in [0.2, 0.25) is 11.8 Å². The SMILES string of the molecule is O=C(CN1C(=O)[C@@H]2[C@H]3CC[C@@H](C3)[C@H]2C1=O)OCC(=O)c1ccccc1. The zero-order valence-electron chi connectivity index (χ0n) is 13.7. The van der Waals surface area contributed by atoms with Crippen molar-refractivity contribution in [1.29, 1.82) is 0 Å². The van der Waals surface area contributed by atoms with E-state index in [1.54, 1.807) is 30.3 Å². The predicted octanol–water partition coefficient (Wildman–Crippen LogP) is 1.44. The van der Waals surface area contributed by atoms with E-state index in [0.29, 0.717) is 5.56 Å². The van der Waals surface area contributed by atoms with E-state index >= 15 is 0 Å². The number of nitrogens with zero attached hydrogens (tertiary/aromatic N) is 1. The summed E-state index contributed by atoms with van der Waals surface area (Å²) in [5.41, 5.74) is 0.453. The minimum Gasteiger partial charge on any atom is -0.456 e. The van der Waals surface area contributed by atoms with Gasteiger partial charge < -0.3 is 4.74 Å². The molecule has 0 spiro atoms. The molecule has 1 aromatic rings. The monoisotopic (exact) mass is 341 g/mol. The Kier molecular flexibility index (Phi) is 3.90. The van der Waals surface area contributed by atoms with Crippen LogP contribution in [-0.4, -0.2) is 41.6 Å². The first kappa shape index (κ1) is 16.0. The van der Waals surface area contributed by atoms with Gasteiger partial charge in [-0.3, -0.25) is 24.1 Å². The summed E-state index contributed by atoms with van der Waals surface area (Å²) in [6.07, 6.45) is 2.94. The summed E-state index contributed by atoms with van der Waals surface area (Å²) in [6, 6.07) is 8.52. The van der Waals surface area contributed by atoms with E-state index in [1.807, 2.05) is 0 Å². The maximum absolute atomic E-state index is 12.5. The van der Waals surface area contributed by atoms with Crippen LogP contribution in [0.2, 0.25) is 0 Å². The zero-order chi connectivity index (χ0) is 17.6. The Balaban J connectivity index is 1.35. The summed E-state index contributed by atoms with van der Waals surface area (Å²) < 4.78 is 4.97. The van der Waals surface area contributed by atoms with Crippen LogP contribution < -0.4 is 0 Å². The molecule has 0 aromatic heterocycles. The Labute approximate surface area is 145 Å². The number of carbonyl (C=O) groups is 4. The minimum absolute atomic E-state index is 0.242. The Hall–Kier alpha value is -2.50. The molecule has 0 unspecified atom stereocenters. The molecule has 6 heteroatoms. The third-order valence-electron chi connectivity index (χ3n) is 5.77. The molecule has 4 atom stereocenters. The average molecular weight is 341 g/mol. The minimum atomic E-state index is -0.724. The smallest absolute Gasteiger partial charge is 0.326 e. The number of imide groups is 1. The lowest BCUT2D eigenvalue weighted by Gasteiger charge is -2.19. The number of fused-ring (bicyclic) bond motifs is 5. The number of rotatable bonds is 5. The summed E-state index contributed by atoms with van der Waals surface area (Å²) in [7, 11) is 0. The number of carbonyl (C=O) groups excluding carboxylic acids is 4. The Morgan fingerprint density at radius 1 is 1.00 bits per heavy atom. The summed E-state index contributed by atoms with van der Waals surface area (Å²) in [4.78, 5) is 50.0. The van der Waals surface area contributed by atoms with Crippen LogP contribution in [0, 0.1) is 23.7 Å². The number of benzene rings is 1. The van der Waals surface area contributed by atoms with Gasteiger partial charge in [-0.15, -0.1) is 0 Å². The lowest BCUT2D eigenvalue weighted by atomic mass is 9.81. The Morgan fingerprint density at radius 2 is 1.60 bits per heavy atom. The van der Waals surface area contributed by atoms with E-state index in [2.05, 4.69) is 0 Å². The third-order valence-corrected chi connectivity index (χ3v) is 5.77. The maximum Gasteiger partial charge on any atom is 0.326 e. The molecule has 2 aliphatic carbocycles. The fraction of sp³-hybridized carbons (Fsp3) is 0.474. The first-order chi connectivity index (χ1) is 12.1. The van der Waals surface area contributed by atoms with Gasteiger partial charge >= 0.3 is 5.97 Å². The van der Waals surface area contributed by atoms with Gasteiger partial charge in [0.05, 0.1) is 11.8 Å². The van der Waals surface area contributed by atoms with Gasteiger partial charge in [-0.2, -0.15) is 0 Å². The van der Waals surface area contributed by atoms with E-state index in [9.17, 15) is 19.2 Å². The van der Waals surface area contributed by atoms with Crippen LogP contribution >= 0.6 is 0 Å². The molecule has 2 amide bonds. The van der Waals surface area contributed by atoms with Gasteiger partial charge in [0.15, 0.2) is 12.4 Å². The summed E-state index contributed by atoms with van der Waals surface area (Å²) in [5, 5.41) is 0. The lowest BCUT2D eigenvalue weighted by Crippen LogP contribution is -2.38. The van der Waals surface area contributed by atoms with Crippen LogP contribution in [-0.2, 0) is 19.1 Å². The first-order valence-electron chi connectivity index (χ1n) is 8.65. The third kappa shape index (κ3) is 2.65. The number of ketones is 1. The molecule has 1 heterocycles. The van der Waals surface area contributed by atoms with Crippen LogP contribution in [0.3, 0.4) is 0 Å². The van der Waals surface area contributed by atoms with Crippen LogP contribution in [0.4, 0.5) is 0 Å². The lowest BCUT2D eigenvalue weighted by molar-refractivity contribution is -0.152. The second kappa shape index (κ2) is 6.10. The topological polar surface area (TPSA) is 80.8 Å². The number of amides is 2. The molecule has 1 saturated heterocycles. The quantitative estimate of drug-likeness (QED) is 0.460. The largest absolute Gasteiger partial charge is 0.456 e. The van der Waals surface area contributed by atoms with Crippen molar-refractivity contribution >= 4 is 23.6 Å². The number of hydrogen-bond acceptors (Lipinski definition) is 5. The molecule has 130 valence electrons. The van der Waals surface area contributed by atoms with Gasteiger partial charge in [-0.25, -0.2) is 0 Å². The number of esters is 1. The molecule has 1 aromatic carbocycles. The van der Waals surface area contributed by atoms with Crippen molar-refractivity contribution in [2.75, 3.05) is 13.2 Å². The van der Waals surface area contributed by atoms with Crippen molar-refractivity contribution in [2.45, 2.75) is 19.3 Å². The Bertz CT molecular complexity index is 715. The van der Waals surface area contributed by atoms with Crippen molar-refractivity contribution in [2.24, 2.45) is 23.7 Å². The number of Topliss-reactive ketones (excluding diaryl/α,β-unsaturated/α-hetero) is 1. The Morgan fingerprint density at radius 3 is 2.20 bits per heavy atom. The van der Waals surface area contributed by atoms with Crippen LogP contribution in [0.25, 0.3) is 0 Å². The molecule has 0 N–H and O–H groups in total. The predicted molar refractivity (Wildman–Crippen MR) is 86.3 cm³/mol. The summed E-state index contributed by atoms with van der Waals surface area (Å²) in [6.45, 7) is -0.788. The number of hydrogen-bond donors (Lipinski definition) is 0. The van der Waals surface area contributed by atoms with Crippen LogP contribution in [0.5, 0.6) is 0 Å². The van der Waals surface area contributed by atoms with Crippen molar-refractivity contribution < 1.29 is 23.9 Å². The molecule has 6 nitrogen and oxygen atoms in total. The van der Waals surface area contributed by atoms with Crippen molar-refractivity contribution in [3.8, 4) is 0 Å². The second-order valence-electron chi connectivity index (χ2n) is 7.10. The van der Waals surface area contributed by atoms with Gasteiger partial charge in [0.25, 0.3) is 0 Å².